The third-order valence-corrected chi connectivity index (χ3v) is 7.83. The number of anilines is 1. The minimum absolute atomic E-state index is 0.0762. The van der Waals surface area contributed by atoms with Crippen molar-refractivity contribution in [1.82, 2.24) is 10.2 Å². The first-order valence-corrected chi connectivity index (χ1v) is 15.0. The molecule has 3 aromatic rings. The van der Waals surface area contributed by atoms with Crippen LogP contribution in [0.15, 0.2) is 72.8 Å². The largest absolute Gasteiger partial charge is 0.352 e. The molecule has 1 N–H and O–H groups in total. The van der Waals surface area contributed by atoms with Crippen molar-refractivity contribution in [2.45, 2.75) is 52.7 Å². The van der Waals surface area contributed by atoms with Gasteiger partial charge in [0.25, 0.3) is 0 Å². The number of halogens is 1. The van der Waals surface area contributed by atoms with Crippen LogP contribution in [-0.4, -0.2) is 50.0 Å². The van der Waals surface area contributed by atoms with Gasteiger partial charge in [-0.3, -0.25) is 13.9 Å². The zero-order valence-corrected chi connectivity index (χ0v) is 24.6. The van der Waals surface area contributed by atoms with E-state index in [1.807, 2.05) is 70.2 Å². The van der Waals surface area contributed by atoms with Gasteiger partial charge in [-0.1, -0.05) is 66.2 Å². The first-order chi connectivity index (χ1) is 18.4. The lowest BCUT2D eigenvalue weighted by atomic mass is 10.0. The number of sulfonamides is 1. The number of carbonyl (C=O) groups excluding carboxylic acids is 2. The van der Waals surface area contributed by atoms with Crippen molar-refractivity contribution in [2.75, 3.05) is 17.1 Å². The lowest BCUT2D eigenvalue weighted by Gasteiger charge is -2.34. The van der Waals surface area contributed by atoms with Crippen molar-refractivity contribution in [1.29, 1.82) is 0 Å². The van der Waals surface area contributed by atoms with E-state index in [1.165, 1.54) is 4.90 Å². The number of carbonyl (C=O) groups is 2. The number of nitrogens with zero attached hydrogens (tertiary/aromatic N) is 2. The molecule has 0 unspecified atom stereocenters. The third-order valence-electron chi connectivity index (χ3n) is 6.47. The maximum Gasteiger partial charge on any atom is 0.244 e. The Kier molecular flexibility index (Phi) is 10.2. The molecule has 2 amide bonds. The monoisotopic (exact) mass is 569 g/mol. The Morgan fingerprint density at radius 1 is 0.923 bits per heavy atom. The van der Waals surface area contributed by atoms with Crippen LogP contribution in [0, 0.1) is 13.8 Å². The van der Waals surface area contributed by atoms with Crippen molar-refractivity contribution < 1.29 is 18.0 Å². The molecule has 3 rings (SSSR count). The summed E-state index contributed by atoms with van der Waals surface area (Å²) in [6.45, 7) is 7.04. The Morgan fingerprint density at radius 2 is 1.56 bits per heavy atom. The van der Waals surface area contributed by atoms with Crippen LogP contribution in [0.2, 0.25) is 5.02 Å². The van der Waals surface area contributed by atoms with E-state index >= 15 is 0 Å². The molecule has 3 aromatic carbocycles. The van der Waals surface area contributed by atoms with Crippen LogP contribution < -0.4 is 9.62 Å². The van der Waals surface area contributed by atoms with Crippen LogP contribution in [0.1, 0.15) is 36.1 Å². The molecule has 0 fully saturated rings. The highest BCUT2D eigenvalue weighted by atomic mass is 35.5. The standard InChI is InChI=1S/C30H36ClN3O4S/c1-21(2)32-30(36)28(18-24-12-7-6-8-13-24)33(19-25-14-10-15-26(31)17-25)29(35)20-34(39(5,37)38)27-16-9-11-22(3)23(27)4/h6-17,21,28H,18-20H2,1-5H3,(H,32,36)/t28-/m0/s1. The molecule has 0 aliphatic carbocycles. The zero-order valence-electron chi connectivity index (χ0n) is 23.0. The summed E-state index contributed by atoms with van der Waals surface area (Å²) in [6.07, 6.45) is 1.34. The van der Waals surface area contributed by atoms with E-state index in [1.54, 1.807) is 30.3 Å². The fourth-order valence-electron chi connectivity index (χ4n) is 4.37. The molecule has 9 heteroatoms. The average Bonchev–Trinajstić information content (AvgIpc) is 2.86. The molecule has 1 atom stereocenters. The van der Waals surface area contributed by atoms with Gasteiger partial charge in [0.15, 0.2) is 0 Å². The van der Waals surface area contributed by atoms with Crippen molar-refractivity contribution in [3.63, 3.8) is 0 Å². The van der Waals surface area contributed by atoms with Gasteiger partial charge in [-0.15, -0.1) is 0 Å². The summed E-state index contributed by atoms with van der Waals surface area (Å²) >= 11 is 6.23. The molecule has 7 nitrogen and oxygen atoms in total. The maximum atomic E-state index is 14.1. The topological polar surface area (TPSA) is 86.8 Å². The second-order valence-corrected chi connectivity index (χ2v) is 12.4. The molecule has 0 bridgehead atoms. The second kappa shape index (κ2) is 13.1. The van der Waals surface area contributed by atoms with Gasteiger partial charge in [-0.05, 0) is 68.1 Å². The van der Waals surface area contributed by atoms with Gasteiger partial charge in [0.2, 0.25) is 21.8 Å². The van der Waals surface area contributed by atoms with Crippen LogP contribution in [0.25, 0.3) is 0 Å². The third kappa shape index (κ3) is 8.31. The summed E-state index contributed by atoms with van der Waals surface area (Å²) in [5, 5.41) is 3.44. The van der Waals surface area contributed by atoms with Crippen LogP contribution in [0.3, 0.4) is 0 Å². The van der Waals surface area contributed by atoms with E-state index in [2.05, 4.69) is 5.32 Å². The Bertz CT molecular complexity index is 1410. The second-order valence-electron chi connectivity index (χ2n) is 10.0. The summed E-state index contributed by atoms with van der Waals surface area (Å²) in [5.74, 6) is -0.817. The predicted octanol–water partition coefficient (Wildman–Crippen LogP) is 4.89. The van der Waals surface area contributed by atoms with Gasteiger partial charge < -0.3 is 10.2 Å². The zero-order chi connectivity index (χ0) is 28.7. The van der Waals surface area contributed by atoms with Gasteiger partial charge in [0.1, 0.15) is 12.6 Å². The number of aryl methyl sites for hydroxylation is 1. The molecule has 0 aromatic heterocycles. The van der Waals surface area contributed by atoms with Crippen LogP contribution in [-0.2, 0) is 32.6 Å². The van der Waals surface area contributed by atoms with E-state index in [0.717, 1.165) is 32.8 Å². The lowest BCUT2D eigenvalue weighted by molar-refractivity contribution is -0.140. The summed E-state index contributed by atoms with van der Waals surface area (Å²) < 4.78 is 27.0. The van der Waals surface area contributed by atoms with Crippen LogP contribution in [0.5, 0.6) is 0 Å². The van der Waals surface area contributed by atoms with E-state index in [0.29, 0.717) is 10.7 Å². The SMILES string of the molecule is Cc1cccc(N(CC(=O)N(Cc2cccc(Cl)c2)[C@@H](Cc2ccccc2)C(=O)NC(C)C)S(C)(=O)=O)c1C. The van der Waals surface area contributed by atoms with E-state index in [9.17, 15) is 18.0 Å². The summed E-state index contributed by atoms with van der Waals surface area (Å²) in [7, 11) is -3.83. The first kappa shape index (κ1) is 30.2. The van der Waals surface area contributed by atoms with Crippen molar-refractivity contribution in [3.8, 4) is 0 Å². The number of nitrogens with one attached hydrogen (secondary N) is 1. The molecule has 0 saturated carbocycles. The molecule has 0 heterocycles. The molecule has 0 spiro atoms. The van der Waals surface area contributed by atoms with Gasteiger partial charge in [0, 0.05) is 24.0 Å². The average molecular weight is 570 g/mol. The Morgan fingerprint density at radius 3 is 2.18 bits per heavy atom. The Hall–Kier alpha value is -3.36. The first-order valence-electron chi connectivity index (χ1n) is 12.8. The van der Waals surface area contributed by atoms with Crippen LogP contribution in [0.4, 0.5) is 5.69 Å². The van der Waals surface area contributed by atoms with Gasteiger partial charge in [-0.2, -0.15) is 0 Å². The van der Waals surface area contributed by atoms with Gasteiger partial charge in [-0.25, -0.2) is 8.42 Å². The molecule has 0 aliphatic rings. The van der Waals surface area contributed by atoms with Gasteiger partial charge in [0.05, 0.1) is 11.9 Å². The van der Waals surface area contributed by atoms with E-state index in [-0.39, 0.29) is 24.9 Å². The lowest BCUT2D eigenvalue weighted by Crippen LogP contribution is -2.54. The maximum absolute atomic E-state index is 14.1. The summed E-state index contributed by atoms with van der Waals surface area (Å²) in [4.78, 5) is 29.1. The quantitative estimate of drug-likeness (QED) is 0.356. The van der Waals surface area contributed by atoms with Crippen LogP contribution >= 0.6 is 11.6 Å². The van der Waals surface area contributed by atoms with E-state index < -0.39 is 28.5 Å². The molecular weight excluding hydrogens is 534 g/mol. The summed E-state index contributed by atoms with van der Waals surface area (Å²) in [6, 6.07) is 20.8. The minimum Gasteiger partial charge on any atom is -0.352 e. The fourth-order valence-corrected chi connectivity index (χ4v) is 5.48. The van der Waals surface area contributed by atoms with Crippen molar-refractivity contribution in [2.24, 2.45) is 0 Å². The molecule has 208 valence electrons. The minimum atomic E-state index is -3.83. The molecule has 0 saturated heterocycles. The molecule has 39 heavy (non-hydrogen) atoms. The van der Waals surface area contributed by atoms with Crippen molar-refractivity contribution >= 4 is 39.1 Å². The highest BCUT2D eigenvalue weighted by Gasteiger charge is 2.33. The normalized spacial score (nSPS) is 12.2. The summed E-state index contributed by atoms with van der Waals surface area (Å²) in [5.41, 5.74) is 3.70. The highest BCUT2D eigenvalue weighted by Crippen LogP contribution is 2.26. The number of hydrogen-bond acceptors (Lipinski definition) is 4. The fraction of sp³-hybridized carbons (Fsp3) is 0.333. The number of hydrogen-bond donors (Lipinski definition) is 1. The molecule has 0 radical (unpaired) electrons. The number of rotatable bonds is 11. The Labute approximate surface area is 236 Å². The highest BCUT2D eigenvalue weighted by molar-refractivity contribution is 7.92. The smallest absolute Gasteiger partial charge is 0.244 e. The van der Waals surface area contributed by atoms with E-state index in [4.69, 9.17) is 11.6 Å². The number of benzene rings is 3. The Balaban J connectivity index is 2.08. The molecule has 0 aliphatic heterocycles. The predicted molar refractivity (Wildman–Crippen MR) is 157 cm³/mol. The van der Waals surface area contributed by atoms with Gasteiger partial charge >= 0.3 is 0 Å². The molecular formula is C30H36ClN3O4S. The number of amides is 2. The van der Waals surface area contributed by atoms with Crippen molar-refractivity contribution in [3.05, 3.63) is 100 Å².